The summed E-state index contributed by atoms with van der Waals surface area (Å²) in [6.07, 6.45) is 0.456. The first-order chi connectivity index (χ1) is 7.93. The predicted octanol–water partition coefficient (Wildman–Crippen LogP) is 1.75. The number of sulfone groups is 1. The van der Waals surface area contributed by atoms with Crippen LogP contribution < -0.4 is 5.32 Å². The minimum atomic E-state index is -3.12. The van der Waals surface area contributed by atoms with Crippen molar-refractivity contribution in [2.45, 2.75) is 25.5 Å². The Morgan fingerprint density at radius 3 is 2.76 bits per heavy atom. The molecule has 0 aliphatic rings. The van der Waals surface area contributed by atoms with Crippen LogP contribution in [-0.4, -0.2) is 26.6 Å². The van der Waals surface area contributed by atoms with E-state index in [0.29, 0.717) is 13.0 Å². The van der Waals surface area contributed by atoms with Crippen LogP contribution in [0.25, 0.3) is 0 Å². The van der Waals surface area contributed by atoms with Gasteiger partial charge in [0.1, 0.15) is 0 Å². The molecule has 0 radical (unpaired) electrons. The van der Waals surface area contributed by atoms with Gasteiger partial charge in [0.15, 0.2) is 9.84 Å². The van der Waals surface area contributed by atoms with Gasteiger partial charge in [-0.05, 0) is 24.8 Å². The molecule has 1 aromatic rings. The van der Waals surface area contributed by atoms with Gasteiger partial charge >= 0.3 is 0 Å². The summed E-state index contributed by atoms with van der Waals surface area (Å²) in [6, 6.07) is 3.68. The maximum Gasteiger partial charge on any atom is 0.216 e. The van der Waals surface area contributed by atoms with Crippen molar-refractivity contribution in [1.29, 1.82) is 0 Å². The number of hydrogen-bond donors (Lipinski definition) is 1. The lowest BCUT2D eigenvalue weighted by molar-refractivity contribution is -0.118. The molecule has 0 fully saturated rings. The van der Waals surface area contributed by atoms with Crippen molar-refractivity contribution < 1.29 is 13.2 Å². The molecule has 1 atom stereocenters. The molecule has 0 spiro atoms. The van der Waals surface area contributed by atoms with Gasteiger partial charge in [0.05, 0.1) is 11.0 Å². The van der Waals surface area contributed by atoms with Crippen LogP contribution in [0.2, 0.25) is 0 Å². The van der Waals surface area contributed by atoms with E-state index in [1.165, 1.54) is 18.3 Å². The summed E-state index contributed by atoms with van der Waals surface area (Å²) < 4.78 is 23.9. The molecule has 0 aliphatic heterocycles. The molecule has 96 valence electrons. The fourth-order valence-corrected chi connectivity index (χ4v) is 4.02. The lowest BCUT2D eigenvalue weighted by atomic mass is 10.4. The zero-order valence-electron chi connectivity index (χ0n) is 9.97. The molecule has 0 saturated heterocycles. The Bertz CT molecular complexity index is 451. The van der Waals surface area contributed by atoms with E-state index in [-0.39, 0.29) is 11.7 Å². The van der Waals surface area contributed by atoms with Crippen LogP contribution in [0, 0.1) is 0 Å². The van der Waals surface area contributed by atoms with Gasteiger partial charge < -0.3 is 5.32 Å². The van der Waals surface area contributed by atoms with Crippen LogP contribution in [0.5, 0.6) is 0 Å². The molecule has 17 heavy (non-hydrogen) atoms. The van der Waals surface area contributed by atoms with Crippen molar-refractivity contribution >= 4 is 27.1 Å². The summed E-state index contributed by atoms with van der Waals surface area (Å²) in [7, 11) is -3.12. The summed E-state index contributed by atoms with van der Waals surface area (Å²) >= 11 is 1.45. The number of amides is 1. The lowest BCUT2D eigenvalue weighted by Gasteiger charge is -2.11. The Kier molecular flexibility index (Phi) is 5.14. The van der Waals surface area contributed by atoms with Crippen LogP contribution in [0.4, 0.5) is 0 Å². The van der Waals surface area contributed by atoms with Crippen molar-refractivity contribution in [3.8, 4) is 0 Å². The van der Waals surface area contributed by atoms with E-state index < -0.39 is 15.1 Å². The standard InChI is InChI=1S/C11H17NO3S2/c1-9(11-5-3-7-16-11)17(14,15)8-4-6-12-10(2)13/h3,5,7,9H,4,6,8H2,1-2H3,(H,12,13)/t9-/m0/s1. The van der Waals surface area contributed by atoms with Crippen LogP contribution >= 0.6 is 11.3 Å². The Morgan fingerprint density at radius 1 is 1.53 bits per heavy atom. The number of thiophene rings is 1. The molecule has 1 amide bonds. The first-order valence-electron chi connectivity index (χ1n) is 5.43. The van der Waals surface area contributed by atoms with Crippen LogP contribution in [0.1, 0.15) is 30.4 Å². The van der Waals surface area contributed by atoms with Crippen LogP contribution in [0.15, 0.2) is 17.5 Å². The van der Waals surface area contributed by atoms with Crippen LogP contribution in [-0.2, 0) is 14.6 Å². The van der Waals surface area contributed by atoms with Crippen molar-refractivity contribution in [2.24, 2.45) is 0 Å². The van der Waals surface area contributed by atoms with Crippen molar-refractivity contribution in [3.05, 3.63) is 22.4 Å². The number of hydrogen-bond acceptors (Lipinski definition) is 4. The molecular weight excluding hydrogens is 258 g/mol. The number of carbonyl (C=O) groups is 1. The third kappa shape index (κ3) is 4.47. The van der Waals surface area contributed by atoms with Crippen molar-refractivity contribution in [2.75, 3.05) is 12.3 Å². The summed E-state index contributed by atoms with van der Waals surface area (Å²) in [5.41, 5.74) is 0. The number of rotatable bonds is 6. The topological polar surface area (TPSA) is 63.2 Å². The minimum Gasteiger partial charge on any atom is -0.356 e. The molecule has 0 aromatic carbocycles. The second kappa shape index (κ2) is 6.16. The van der Waals surface area contributed by atoms with Gasteiger partial charge in [0.2, 0.25) is 5.91 Å². The quantitative estimate of drug-likeness (QED) is 0.804. The fourth-order valence-electron chi connectivity index (χ4n) is 1.41. The monoisotopic (exact) mass is 275 g/mol. The fraction of sp³-hybridized carbons (Fsp3) is 0.545. The van der Waals surface area contributed by atoms with Gasteiger partial charge in [-0.15, -0.1) is 11.3 Å². The molecule has 0 bridgehead atoms. The molecule has 1 aromatic heterocycles. The highest BCUT2D eigenvalue weighted by Crippen LogP contribution is 2.26. The lowest BCUT2D eigenvalue weighted by Crippen LogP contribution is -2.24. The zero-order valence-corrected chi connectivity index (χ0v) is 11.6. The molecule has 0 unspecified atom stereocenters. The molecule has 0 aliphatic carbocycles. The molecule has 1 N–H and O–H groups in total. The Hall–Kier alpha value is -0.880. The molecule has 4 nitrogen and oxygen atoms in total. The number of carbonyl (C=O) groups excluding carboxylic acids is 1. The highest BCUT2D eigenvalue weighted by atomic mass is 32.2. The van der Waals surface area contributed by atoms with E-state index in [1.54, 1.807) is 6.92 Å². The summed E-state index contributed by atoms with van der Waals surface area (Å²) in [4.78, 5) is 11.5. The molecule has 1 heterocycles. The first kappa shape index (κ1) is 14.2. The third-order valence-electron chi connectivity index (χ3n) is 2.46. The van der Waals surface area contributed by atoms with E-state index >= 15 is 0 Å². The largest absolute Gasteiger partial charge is 0.356 e. The molecular formula is C11H17NO3S2. The summed E-state index contributed by atoms with van der Waals surface area (Å²) in [5.74, 6) is -0.0273. The van der Waals surface area contributed by atoms with E-state index in [1.807, 2.05) is 17.5 Å². The maximum absolute atomic E-state index is 12.0. The van der Waals surface area contributed by atoms with Gasteiger partial charge in [0.25, 0.3) is 0 Å². The predicted molar refractivity (Wildman–Crippen MR) is 69.8 cm³/mol. The average molecular weight is 275 g/mol. The Morgan fingerprint density at radius 2 is 2.24 bits per heavy atom. The van der Waals surface area contributed by atoms with Crippen molar-refractivity contribution in [1.82, 2.24) is 5.32 Å². The third-order valence-corrected chi connectivity index (χ3v) is 5.86. The normalized spacial score (nSPS) is 13.3. The summed E-state index contributed by atoms with van der Waals surface area (Å²) in [5, 5.41) is 4.01. The Labute approximate surface area is 106 Å². The molecule has 1 rings (SSSR count). The molecule has 0 saturated carbocycles. The maximum atomic E-state index is 12.0. The average Bonchev–Trinajstić information content (AvgIpc) is 2.76. The second-order valence-electron chi connectivity index (χ2n) is 3.86. The minimum absolute atomic E-state index is 0.104. The highest BCUT2D eigenvalue weighted by Gasteiger charge is 2.22. The van der Waals surface area contributed by atoms with E-state index in [9.17, 15) is 13.2 Å². The first-order valence-corrected chi connectivity index (χ1v) is 8.02. The van der Waals surface area contributed by atoms with Gasteiger partial charge in [0, 0.05) is 18.3 Å². The van der Waals surface area contributed by atoms with Gasteiger partial charge in [-0.2, -0.15) is 0 Å². The van der Waals surface area contributed by atoms with E-state index in [2.05, 4.69) is 5.32 Å². The van der Waals surface area contributed by atoms with Gasteiger partial charge in [-0.3, -0.25) is 4.79 Å². The smallest absolute Gasteiger partial charge is 0.216 e. The van der Waals surface area contributed by atoms with Crippen LogP contribution in [0.3, 0.4) is 0 Å². The van der Waals surface area contributed by atoms with Gasteiger partial charge in [-0.25, -0.2) is 8.42 Å². The molecule has 6 heteroatoms. The number of nitrogens with one attached hydrogen (secondary N) is 1. The van der Waals surface area contributed by atoms with E-state index in [0.717, 1.165) is 4.88 Å². The highest BCUT2D eigenvalue weighted by molar-refractivity contribution is 7.91. The SMILES string of the molecule is CC(=O)NCCCS(=O)(=O)[C@@H](C)c1cccs1. The van der Waals surface area contributed by atoms with E-state index in [4.69, 9.17) is 0 Å². The second-order valence-corrected chi connectivity index (χ2v) is 7.28. The van der Waals surface area contributed by atoms with Gasteiger partial charge in [-0.1, -0.05) is 6.07 Å². The Balaban J connectivity index is 2.49. The summed E-state index contributed by atoms with van der Waals surface area (Å²) in [6.45, 7) is 3.54. The zero-order chi connectivity index (χ0) is 12.9. The van der Waals surface area contributed by atoms with Crippen molar-refractivity contribution in [3.63, 3.8) is 0 Å².